The molecule has 0 aromatic heterocycles. The van der Waals surface area contributed by atoms with Crippen molar-refractivity contribution in [3.8, 4) is 0 Å². The van der Waals surface area contributed by atoms with Crippen molar-refractivity contribution < 1.29 is 17.9 Å². The predicted molar refractivity (Wildman–Crippen MR) is 88.0 cm³/mol. The molecule has 0 saturated heterocycles. The normalized spacial score (nSPS) is 11.7. The molecule has 0 bridgehead atoms. The van der Waals surface area contributed by atoms with Crippen molar-refractivity contribution in [3.05, 3.63) is 28.2 Å². The number of amides is 1. The molecule has 0 fully saturated rings. The Labute approximate surface area is 140 Å². The molecule has 0 radical (unpaired) electrons. The Morgan fingerprint density at radius 1 is 1.32 bits per heavy atom. The summed E-state index contributed by atoms with van der Waals surface area (Å²) >= 11 is 11.9. The average Bonchev–Trinajstić information content (AvgIpc) is 2.41. The number of anilines is 1. The van der Waals surface area contributed by atoms with Gasteiger partial charge in [-0.25, -0.2) is 8.42 Å². The van der Waals surface area contributed by atoms with Crippen molar-refractivity contribution in [3.63, 3.8) is 0 Å². The number of ether oxygens (including phenoxy) is 1. The van der Waals surface area contributed by atoms with E-state index in [1.807, 2.05) is 0 Å². The molecule has 0 atom stereocenters. The molecular formula is C13H18Cl2N2O4S. The fourth-order valence-corrected chi connectivity index (χ4v) is 3.01. The SMILES string of the molecule is COCCCN(CC(=O)Nc1c(Cl)cccc1Cl)S(C)(=O)=O. The number of sulfonamides is 1. The molecule has 0 aliphatic heterocycles. The third kappa shape index (κ3) is 6.10. The second kappa shape index (κ2) is 8.69. The molecule has 124 valence electrons. The van der Waals surface area contributed by atoms with Crippen LogP contribution in [0.2, 0.25) is 10.0 Å². The number of hydrogen-bond acceptors (Lipinski definition) is 4. The number of carbonyl (C=O) groups excluding carboxylic acids is 1. The van der Waals surface area contributed by atoms with Crippen molar-refractivity contribution in [2.45, 2.75) is 6.42 Å². The van der Waals surface area contributed by atoms with Crippen LogP contribution in [0.4, 0.5) is 5.69 Å². The number of para-hydroxylation sites is 1. The first kappa shape index (κ1) is 19.2. The Bertz CT molecular complexity index is 602. The highest BCUT2D eigenvalue weighted by molar-refractivity contribution is 7.88. The number of benzene rings is 1. The summed E-state index contributed by atoms with van der Waals surface area (Å²) in [5.41, 5.74) is 0.265. The zero-order chi connectivity index (χ0) is 16.8. The van der Waals surface area contributed by atoms with Crippen LogP contribution < -0.4 is 5.32 Å². The lowest BCUT2D eigenvalue weighted by Crippen LogP contribution is -2.38. The van der Waals surface area contributed by atoms with Gasteiger partial charge in [0.2, 0.25) is 15.9 Å². The summed E-state index contributed by atoms with van der Waals surface area (Å²) in [6.07, 6.45) is 1.54. The van der Waals surface area contributed by atoms with Gasteiger partial charge in [-0.2, -0.15) is 4.31 Å². The topological polar surface area (TPSA) is 75.7 Å². The molecule has 1 N–H and O–H groups in total. The van der Waals surface area contributed by atoms with Gasteiger partial charge in [0.05, 0.1) is 28.5 Å². The summed E-state index contributed by atoms with van der Waals surface area (Å²) in [5.74, 6) is -0.516. The predicted octanol–water partition coefficient (Wildman–Crippen LogP) is 2.23. The van der Waals surface area contributed by atoms with Gasteiger partial charge in [-0.1, -0.05) is 29.3 Å². The zero-order valence-corrected chi connectivity index (χ0v) is 14.6. The van der Waals surface area contributed by atoms with Gasteiger partial charge >= 0.3 is 0 Å². The van der Waals surface area contributed by atoms with E-state index >= 15 is 0 Å². The molecule has 0 aliphatic carbocycles. The summed E-state index contributed by atoms with van der Waals surface area (Å²) in [7, 11) is -1.98. The maximum atomic E-state index is 12.0. The second-order valence-corrected chi connectivity index (χ2v) is 7.38. The highest BCUT2D eigenvalue weighted by Crippen LogP contribution is 2.29. The Morgan fingerprint density at radius 2 is 1.91 bits per heavy atom. The quantitative estimate of drug-likeness (QED) is 0.713. The van der Waals surface area contributed by atoms with Gasteiger partial charge in [0.15, 0.2) is 0 Å². The van der Waals surface area contributed by atoms with E-state index in [2.05, 4.69) is 5.32 Å². The number of hydrogen-bond donors (Lipinski definition) is 1. The van der Waals surface area contributed by atoms with Gasteiger partial charge in [-0.3, -0.25) is 4.79 Å². The summed E-state index contributed by atoms with van der Waals surface area (Å²) in [6, 6.07) is 4.81. The van der Waals surface area contributed by atoms with Crippen LogP contribution in [0.1, 0.15) is 6.42 Å². The Balaban J connectivity index is 2.75. The molecule has 9 heteroatoms. The first-order chi connectivity index (χ1) is 10.3. The lowest BCUT2D eigenvalue weighted by Gasteiger charge is -2.19. The number of carbonyl (C=O) groups is 1. The van der Waals surface area contributed by atoms with Crippen molar-refractivity contribution >= 4 is 44.8 Å². The van der Waals surface area contributed by atoms with E-state index in [9.17, 15) is 13.2 Å². The lowest BCUT2D eigenvalue weighted by molar-refractivity contribution is -0.116. The van der Waals surface area contributed by atoms with Gasteiger partial charge in [-0.15, -0.1) is 0 Å². The van der Waals surface area contributed by atoms with Crippen LogP contribution in [0.25, 0.3) is 0 Å². The molecule has 22 heavy (non-hydrogen) atoms. The van der Waals surface area contributed by atoms with Crippen LogP contribution in [0, 0.1) is 0 Å². The van der Waals surface area contributed by atoms with E-state index in [-0.39, 0.29) is 28.8 Å². The van der Waals surface area contributed by atoms with Gasteiger partial charge in [-0.05, 0) is 18.6 Å². The number of nitrogens with one attached hydrogen (secondary N) is 1. The minimum Gasteiger partial charge on any atom is -0.385 e. The van der Waals surface area contributed by atoms with E-state index in [1.54, 1.807) is 18.2 Å². The van der Waals surface area contributed by atoms with E-state index in [1.165, 1.54) is 7.11 Å². The number of nitrogens with zero attached hydrogens (tertiary/aromatic N) is 1. The van der Waals surface area contributed by atoms with Crippen molar-refractivity contribution in [1.82, 2.24) is 4.31 Å². The Hall–Kier alpha value is -0.860. The maximum absolute atomic E-state index is 12.0. The van der Waals surface area contributed by atoms with Crippen molar-refractivity contribution in [2.24, 2.45) is 0 Å². The molecular weight excluding hydrogens is 351 g/mol. The van der Waals surface area contributed by atoms with E-state index in [0.29, 0.717) is 13.0 Å². The first-order valence-corrected chi connectivity index (χ1v) is 9.04. The fourth-order valence-electron chi connectivity index (χ4n) is 1.70. The molecule has 1 aromatic rings. The van der Waals surface area contributed by atoms with Crippen LogP contribution >= 0.6 is 23.2 Å². The number of methoxy groups -OCH3 is 1. The van der Waals surface area contributed by atoms with Gasteiger partial charge < -0.3 is 10.1 Å². The van der Waals surface area contributed by atoms with Crippen LogP contribution in [0.5, 0.6) is 0 Å². The molecule has 1 aromatic carbocycles. The van der Waals surface area contributed by atoms with Crippen LogP contribution in [0.15, 0.2) is 18.2 Å². The third-order valence-corrected chi connectivity index (χ3v) is 4.65. The van der Waals surface area contributed by atoms with E-state index in [4.69, 9.17) is 27.9 Å². The van der Waals surface area contributed by atoms with Crippen LogP contribution in [0.3, 0.4) is 0 Å². The largest absolute Gasteiger partial charge is 0.385 e. The monoisotopic (exact) mass is 368 g/mol. The average molecular weight is 369 g/mol. The second-order valence-electron chi connectivity index (χ2n) is 4.59. The van der Waals surface area contributed by atoms with Gasteiger partial charge in [0.25, 0.3) is 0 Å². The molecule has 0 heterocycles. The molecule has 1 amide bonds. The summed E-state index contributed by atoms with van der Waals surface area (Å²) < 4.78 is 29.4. The standard InChI is InChI=1S/C13H18Cl2N2O4S/c1-21-8-4-7-17(22(2,19)20)9-12(18)16-13-10(14)5-3-6-11(13)15/h3,5-6H,4,7-9H2,1-2H3,(H,16,18). The molecule has 0 saturated carbocycles. The number of rotatable bonds is 8. The molecule has 6 nitrogen and oxygen atoms in total. The maximum Gasteiger partial charge on any atom is 0.239 e. The molecule has 1 rings (SSSR count). The molecule has 0 spiro atoms. The zero-order valence-electron chi connectivity index (χ0n) is 12.3. The highest BCUT2D eigenvalue weighted by atomic mass is 35.5. The molecule has 0 unspecified atom stereocenters. The Morgan fingerprint density at radius 3 is 2.41 bits per heavy atom. The smallest absolute Gasteiger partial charge is 0.239 e. The van der Waals surface area contributed by atoms with Gasteiger partial charge in [0, 0.05) is 20.3 Å². The number of halogens is 2. The van der Waals surface area contributed by atoms with Crippen LogP contribution in [-0.4, -0.2) is 51.7 Å². The highest BCUT2D eigenvalue weighted by Gasteiger charge is 2.20. The first-order valence-electron chi connectivity index (χ1n) is 6.43. The van der Waals surface area contributed by atoms with Crippen molar-refractivity contribution in [1.29, 1.82) is 0 Å². The van der Waals surface area contributed by atoms with Gasteiger partial charge in [0.1, 0.15) is 0 Å². The lowest BCUT2D eigenvalue weighted by atomic mass is 10.3. The minimum atomic E-state index is -3.50. The fraction of sp³-hybridized carbons (Fsp3) is 0.462. The van der Waals surface area contributed by atoms with E-state index < -0.39 is 15.9 Å². The van der Waals surface area contributed by atoms with Crippen LogP contribution in [-0.2, 0) is 19.6 Å². The Kier molecular flexibility index (Phi) is 7.58. The third-order valence-electron chi connectivity index (χ3n) is 2.77. The molecule has 0 aliphatic rings. The summed E-state index contributed by atoms with van der Waals surface area (Å²) in [4.78, 5) is 12.0. The van der Waals surface area contributed by atoms with E-state index in [0.717, 1.165) is 10.6 Å². The summed E-state index contributed by atoms with van der Waals surface area (Å²) in [6.45, 7) is 0.282. The minimum absolute atomic E-state index is 0.191. The summed E-state index contributed by atoms with van der Waals surface area (Å²) in [5, 5.41) is 3.10. The van der Waals surface area contributed by atoms with Crippen molar-refractivity contribution in [2.75, 3.05) is 38.4 Å².